The van der Waals surface area contributed by atoms with Crippen molar-refractivity contribution >= 4 is 42.8 Å². The molecule has 1 aromatic heterocycles. The summed E-state index contributed by atoms with van der Waals surface area (Å²) in [6.07, 6.45) is 2.51. The Morgan fingerprint density at radius 1 is 1.43 bits per heavy atom. The first-order valence-corrected chi connectivity index (χ1v) is 8.72. The van der Waals surface area contributed by atoms with Crippen LogP contribution in [0.2, 0.25) is 0 Å². The quantitative estimate of drug-likeness (QED) is 0.815. The van der Waals surface area contributed by atoms with Gasteiger partial charge in [-0.1, -0.05) is 22.9 Å². The summed E-state index contributed by atoms with van der Waals surface area (Å²) in [7, 11) is 0. The van der Waals surface area contributed by atoms with Crippen LogP contribution in [-0.4, -0.2) is 28.0 Å². The summed E-state index contributed by atoms with van der Waals surface area (Å²) in [5.74, 6) is 1.46. The van der Waals surface area contributed by atoms with Gasteiger partial charge in [-0.15, -0.1) is 0 Å². The van der Waals surface area contributed by atoms with Gasteiger partial charge in [0, 0.05) is 15.5 Å². The van der Waals surface area contributed by atoms with Crippen LogP contribution in [0.25, 0.3) is 10.9 Å². The molecular weight excluding hydrogens is 398 g/mol. The van der Waals surface area contributed by atoms with E-state index in [-0.39, 0.29) is 5.56 Å². The van der Waals surface area contributed by atoms with Gasteiger partial charge in [0.25, 0.3) is 5.56 Å². The Morgan fingerprint density at radius 2 is 2.24 bits per heavy atom. The van der Waals surface area contributed by atoms with Crippen LogP contribution in [0.3, 0.4) is 0 Å². The molecule has 1 atom stereocenters. The molecule has 1 aromatic carbocycles. The van der Waals surface area contributed by atoms with E-state index < -0.39 is 0 Å². The summed E-state index contributed by atoms with van der Waals surface area (Å²) in [5, 5.41) is 0.604. The zero-order chi connectivity index (χ0) is 15.0. The number of likely N-dealkylation sites (tertiary alicyclic amines) is 1. The van der Waals surface area contributed by atoms with E-state index in [1.165, 1.54) is 12.8 Å². The van der Waals surface area contributed by atoms with E-state index in [0.717, 1.165) is 33.4 Å². The Kier molecular flexibility index (Phi) is 4.47. The number of piperidine rings is 1. The minimum Gasteiger partial charge on any atom is -0.309 e. The fourth-order valence-electron chi connectivity index (χ4n) is 2.93. The molecule has 1 aliphatic heterocycles. The van der Waals surface area contributed by atoms with E-state index in [4.69, 9.17) is 0 Å². The molecule has 112 valence electrons. The van der Waals surface area contributed by atoms with E-state index in [2.05, 4.69) is 53.7 Å². The van der Waals surface area contributed by atoms with Gasteiger partial charge in [-0.25, -0.2) is 4.98 Å². The van der Waals surface area contributed by atoms with Crippen LogP contribution in [-0.2, 0) is 6.54 Å². The summed E-state index contributed by atoms with van der Waals surface area (Å²) in [6.45, 7) is 5.13. The second-order valence-corrected chi connectivity index (χ2v) is 7.55. The van der Waals surface area contributed by atoms with Crippen molar-refractivity contribution in [3.8, 4) is 0 Å². The lowest BCUT2D eigenvalue weighted by molar-refractivity contribution is 0.173. The predicted molar refractivity (Wildman–Crippen MR) is 91.4 cm³/mol. The first-order valence-electron chi connectivity index (χ1n) is 7.13. The molecule has 0 radical (unpaired) electrons. The van der Waals surface area contributed by atoms with Crippen LogP contribution < -0.4 is 5.56 Å². The molecule has 21 heavy (non-hydrogen) atoms. The average Bonchev–Trinajstić information content (AvgIpc) is 2.40. The molecule has 2 aromatic rings. The molecule has 1 aliphatic rings. The summed E-state index contributed by atoms with van der Waals surface area (Å²) < 4.78 is 1.71. The SMILES string of the molecule is C[C@@H]1CCCN(Cc2nc3c(Br)cc(Br)cc3c(=O)[nH]2)C1. The van der Waals surface area contributed by atoms with Crippen LogP contribution in [0.15, 0.2) is 25.9 Å². The molecule has 1 saturated heterocycles. The first kappa shape index (κ1) is 15.2. The van der Waals surface area contributed by atoms with Gasteiger partial charge in [0.1, 0.15) is 5.82 Å². The first-order chi connectivity index (χ1) is 10.0. The van der Waals surface area contributed by atoms with Crippen molar-refractivity contribution in [3.63, 3.8) is 0 Å². The van der Waals surface area contributed by atoms with Crippen molar-refractivity contribution in [2.24, 2.45) is 5.92 Å². The second kappa shape index (κ2) is 6.18. The fourth-order valence-corrected chi connectivity index (χ4v) is 4.24. The molecular formula is C15H17Br2N3O. The maximum atomic E-state index is 12.3. The van der Waals surface area contributed by atoms with Crippen molar-refractivity contribution in [3.05, 3.63) is 37.3 Å². The number of aromatic amines is 1. The Bertz CT molecular complexity index is 729. The number of benzene rings is 1. The molecule has 0 spiro atoms. The van der Waals surface area contributed by atoms with E-state index >= 15 is 0 Å². The largest absolute Gasteiger partial charge is 0.309 e. The normalized spacial score (nSPS) is 20.0. The van der Waals surface area contributed by atoms with Gasteiger partial charge < -0.3 is 4.98 Å². The molecule has 0 saturated carbocycles. The lowest BCUT2D eigenvalue weighted by Crippen LogP contribution is -2.34. The van der Waals surface area contributed by atoms with Crippen molar-refractivity contribution in [1.82, 2.24) is 14.9 Å². The summed E-state index contributed by atoms with van der Waals surface area (Å²) >= 11 is 6.90. The Hall–Kier alpha value is -0.720. The van der Waals surface area contributed by atoms with Crippen LogP contribution in [0.4, 0.5) is 0 Å². The summed E-state index contributed by atoms with van der Waals surface area (Å²) in [5.41, 5.74) is 0.643. The van der Waals surface area contributed by atoms with Gasteiger partial charge in [0.05, 0.1) is 17.4 Å². The Balaban J connectivity index is 1.95. The number of rotatable bonds is 2. The highest BCUT2D eigenvalue weighted by Gasteiger charge is 2.18. The summed E-state index contributed by atoms with van der Waals surface area (Å²) in [6, 6.07) is 3.72. The standard InChI is InChI=1S/C15H17Br2N3O/c1-9-3-2-4-20(7-9)8-13-18-14-11(15(21)19-13)5-10(16)6-12(14)17/h5-6,9H,2-4,7-8H2,1H3,(H,18,19,21)/t9-/m1/s1. The third kappa shape index (κ3) is 3.38. The van der Waals surface area contributed by atoms with Gasteiger partial charge in [-0.3, -0.25) is 9.69 Å². The summed E-state index contributed by atoms with van der Waals surface area (Å²) in [4.78, 5) is 22.2. The zero-order valence-electron chi connectivity index (χ0n) is 11.8. The van der Waals surface area contributed by atoms with Crippen LogP contribution >= 0.6 is 31.9 Å². The van der Waals surface area contributed by atoms with Gasteiger partial charge in [0.15, 0.2) is 0 Å². The number of aromatic nitrogens is 2. The number of hydrogen-bond donors (Lipinski definition) is 1. The van der Waals surface area contributed by atoms with E-state index in [1.54, 1.807) is 6.07 Å². The molecule has 4 nitrogen and oxygen atoms in total. The number of nitrogens with one attached hydrogen (secondary N) is 1. The molecule has 2 heterocycles. The lowest BCUT2D eigenvalue weighted by atomic mass is 10.0. The van der Waals surface area contributed by atoms with Crippen molar-refractivity contribution in [1.29, 1.82) is 0 Å². The molecule has 1 fully saturated rings. The van der Waals surface area contributed by atoms with Crippen molar-refractivity contribution in [2.75, 3.05) is 13.1 Å². The van der Waals surface area contributed by atoms with Gasteiger partial charge in [0.2, 0.25) is 0 Å². The van der Waals surface area contributed by atoms with Crippen molar-refractivity contribution in [2.45, 2.75) is 26.3 Å². The van der Waals surface area contributed by atoms with Crippen molar-refractivity contribution < 1.29 is 0 Å². The van der Waals surface area contributed by atoms with Crippen LogP contribution in [0.1, 0.15) is 25.6 Å². The molecule has 0 amide bonds. The Morgan fingerprint density at radius 3 is 3.00 bits per heavy atom. The predicted octanol–water partition coefficient (Wildman–Crippen LogP) is 3.68. The number of halogens is 2. The highest BCUT2D eigenvalue weighted by Crippen LogP contribution is 2.25. The maximum absolute atomic E-state index is 12.3. The van der Waals surface area contributed by atoms with E-state index in [9.17, 15) is 4.79 Å². The van der Waals surface area contributed by atoms with Gasteiger partial charge in [-0.2, -0.15) is 0 Å². The van der Waals surface area contributed by atoms with Crippen LogP contribution in [0, 0.1) is 5.92 Å². The lowest BCUT2D eigenvalue weighted by Gasteiger charge is -2.30. The minimum absolute atomic E-state index is 0.0814. The van der Waals surface area contributed by atoms with E-state index in [0.29, 0.717) is 17.8 Å². The molecule has 0 aliphatic carbocycles. The number of hydrogen-bond acceptors (Lipinski definition) is 3. The topological polar surface area (TPSA) is 49.0 Å². The number of H-pyrrole nitrogens is 1. The third-order valence-corrected chi connectivity index (χ3v) is 4.95. The zero-order valence-corrected chi connectivity index (χ0v) is 15.0. The molecule has 0 unspecified atom stereocenters. The molecule has 0 bridgehead atoms. The minimum atomic E-state index is -0.0814. The van der Waals surface area contributed by atoms with E-state index in [1.807, 2.05) is 6.07 Å². The Labute approximate surface area is 140 Å². The molecule has 1 N–H and O–H groups in total. The molecule has 6 heteroatoms. The fraction of sp³-hybridized carbons (Fsp3) is 0.467. The maximum Gasteiger partial charge on any atom is 0.258 e. The van der Waals surface area contributed by atoms with Crippen LogP contribution in [0.5, 0.6) is 0 Å². The number of fused-ring (bicyclic) bond motifs is 1. The highest BCUT2D eigenvalue weighted by molar-refractivity contribution is 9.11. The third-order valence-electron chi connectivity index (χ3n) is 3.89. The smallest absolute Gasteiger partial charge is 0.258 e. The number of nitrogens with zero attached hydrogens (tertiary/aromatic N) is 2. The highest BCUT2D eigenvalue weighted by atomic mass is 79.9. The monoisotopic (exact) mass is 413 g/mol. The average molecular weight is 415 g/mol. The second-order valence-electron chi connectivity index (χ2n) is 5.78. The molecule has 3 rings (SSSR count). The van der Waals surface area contributed by atoms with Gasteiger partial charge >= 0.3 is 0 Å². The van der Waals surface area contributed by atoms with Gasteiger partial charge in [-0.05, 0) is 53.4 Å².